The van der Waals surface area contributed by atoms with Gasteiger partial charge in [-0.2, -0.15) is 18.4 Å². The molecular weight excluding hydrogens is 483 g/mol. The van der Waals surface area contributed by atoms with E-state index in [9.17, 15) is 37.9 Å². The number of carboxylic acid groups (broad SMARTS) is 1. The molecule has 184 valence electrons. The average molecular weight is 499 g/mol. The summed E-state index contributed by atoms with van der Waals surface area (Å²) in [5.41, 5.74) is -2.41. The summed E-state index contributed by atoms with van der Waals surface area (Å²) in [5, 5.41) is 25.1. The lowest BCUT2D eigenvalue weighted by atomic mass is 9.90. The maximum absolute atomic E-state index is 13.4. The summed E-state index contributed by atoms with van der Waals surface area (Å²) in [6, 6.07) is 8.32. The van der Waals surface area contributed by atoms with E-state index in [1.807, 2.05) is 6.07 Å². The Labute approximate surface area is 200 Å². The van der Waals surface area contributed by atoms with Crippen LogP contribution in [0.2, 0.25) is 0 Å². The summed E-state index contributed by atoms with van der Waals surface area (Å²) >= 11 is 0. The van der Waals surface area contributed by atoms with E-state index in [1.54, 1.807) is 0 Å². The average Bonchev–Trinajstić information content (AvgIpc) is 3.22. The van der Waals surface area contributed by atoms with Gasteiger partial charge in [0, 0.05) is 11.4 Å². The number of aromatic carboxylic acids is 1. The molecule has 2 aromatic carbocycles. The first-order chi connectivity index (χ1) is 17.0. The SMILES string of the molecule is COC(=O)C1=C(C)N(c2cccc(C(F)(F)F)c2)c2n[nH]c(=O)n2C1c1ccc(C#N)cc1C(=O)O. The number of aromatic nitrogens is 3. The van der Waals surface area contributed by atoms with Gasteiger partial charge in [0.2, 0.25) is 5.95 Å². The lowest BCUT2D eigenvalue weighted by molar-refractivity contribution is -0.138. The number of anilines is 2. The van der Waals surface area contributed by atoms with Crippen molar-refractivity contribution in [3.63, 3.8) is 0 Å². The summed E-state index contributed by atoms with van der Waals surface area (Å²) < 4.78 is 46.0. The highest BCUT2D eigenvalue weighted by atomic mass is 19.4. The van der Waals surface area contributed by atoms with E-state index >= 15 is 0 Å². The van der Waals surface area contributed by atoms with Crippen molar-refractivity contribution in [1.29, 1.82) is 5.26 Å². The number of carbonyl (C=O) groups is 2. The second kappa shape index (κ2) is 8.73. The Balaban J connectivity index is 2.06. The van der Waals surface area contributed by atoms with Crippen molar-refractivity contribution in [2.45, 2.75) is 19.1 Å². The number of ether oxygens (including phenoxy) is 1. The van der Waals surface area contributed by atoms with Crippen LogP contribution in [0, 0.1) is 11.3 Å². The topological polar surface area (TPSA) is 141 Å². The van der Waals surface area contributed by atoms with E-state index < -0.39 is 35.4 Å². The van der Waals surface area contributed by atoms with Gasteiger partial charge in [-0.05, 0) is 42.8 Å². The zero-order valence-electron chi connectivity index (χ0n) is 18.6. The normalized spacial score (nSPS) is 15.3. The Morgan fingerprint density at radius 3 is 2.56 bits per heavy atom. The van der Waals surface area contributed by atoms with E-state index in [2.05, 4.69) is 10.2 Å². The van der Waals surface area contributed by atoms with Crippen molar-refractivity contribution in [2.24, 2.45) is 0 Å². The largest absolute Gasteiger partial charge is 0.478 e. The van der Waals surface area contributed by atoms with Gasteiger partial charge in [-0.1, -0.05) is 12.1 Å². The van der Waals surface area contributed by atoms with Gasteiger partial charge in [-0.25, -0.2) is 24.0 Å². The number of allylic oxidation sites excluding steroid dienone is 1. The highest BCUT2D eigenvalue weighted by molar-refractivity contribution is 5.96. The number of rotatable bonds is 4. The van der Waals surface area contributed by atoms with Crippen LogP contribution >= 0.6 is 0 Å². The molecule has 13 heteroatoms. The molecule has 0 aliphatic carbocycles. The van der Waals surface area contributed by atoms with Gasteiger partial charge in [-0.15, -0.1) is 5.10 Å². The fourth-order valence-electron chi connectivity index (χ4n) is 4.13. The number of benzene rings is 2. The molecule has 0 spiro atoms. The second-order valence-corrected chi connectivity index (χ2v) is 7.69. The van der Waals surface area contributed by atoms with Crippen LogP contribution in [-0.2, 0) is 15.7 Å². The van der Waals surface area contributed by atoms with Gasteiger partial charge < -0.3 is 9.84 Å². The number of nitriles is 1. The van der Waals surface area contributed by atoms with Gasteiger partial charge in [0.15, 0.2) is 0 Å². The molecule has 1 aliphatic rings. The third-order valence-corrected chi connectivity index (χ3v) is 5.69. The number of H-pyrrole nitrogens is 1. The number of nitrogens with one attached hydrogen (secondary N) is 1. The lowest BCUT2D eigenvalue weighted by Crippen LogP contribution is -2.38. The summed E-state index contributed by atoms with van der Waals surface area (Å²) in [6.07, 6.45) is -4.67. The quantitative estimate of drug-likeness (QED) is 0.521. The lowest BCUT2D eigenvalue weighted by Gasteiger charge is -2.35. The fourth-order valence-corrected chi connectivity index (χ4v) is 4.13. The molecule has 0 bridgehead atoms. The summed E-state index contributed by atoms with van der Waals surface area (Å²) in [5.74, 6) is -2.56. The van der Waals surface area contributed by atoms with Crippen molar-refractivity contribution in [1.82, 2.24) is 14.8 Å². The zero-order chi connectivity index (χ0) is 26.4. The monoisotopic (exact) mass is 499 g/mol. The molecule has 0 radical (unpaired) electrons. The molecule has 0 saturated carbocycles. The molecule has 10 nitrogen and oxygen atoms in total. The third kappa shape index (κ3) is 3.88. The van der Waals surface area contributed by atoms with Crippen LogP contribution in [0.1, 0.15) is 40.0 Å². The van der Waals surface area contributed by atoms with Gasteiger partial charge in [0.25, 0.3) is 0 Å². The smallest absolute Gasteiger partial charge is 0.416 e. The molecule has 0 saturated heterocycles. The number of halogens is 3. The van der Waals surface area contributed by atoms with Crippen molar-refractivity contribution in [3.05, 3.63) is 86.5 Å². The highest BCUT2D eigenvalue weighted by Gasteiger charge is 2.41. The van der Waals surface area contributed by atoms with E-state index in [1.165, 1.54) is 30.0 Å². The minimum atomic E-state index is -4.67. The number of carbonyl (C=O) groups excluding carboxylic acids is 1. The van der Waals surface area contributed by atoms with E-state index in [-0.39, 0.29) is 39.6 Å². The maximum atomic E-state index is 13.4. The minimum absolute atomic E-state index is 0.0256. The Morgan fingerprint density at radius 2 is 1.94 bits per heavy atom. The first-order valence-electron chi connectivity index (χ1n) is 10.2. The van der Waals surface area contributed by atoms with Crippen molar-refractivity contribution < 1.29 is 32.6 Å². The van der Waals surface area contributed by atoms with Crippen LogP contribution in [0.15, 0.2) is 58.5 Å². The Bertz CT molecular complexity index is 1530. The number of methoxy groups -OCH3 is 1. The molecule has 1 aromatic heterocycles. The van der Waals surface area contributed by atoms with Crippen molar-refractivity contribution >= 4 is 23.6 Å². The first kappa shape index (κ1) is 24.3. The Morgan fingerprint density at radius 1 is 1.22 bits per heavy atom. The van der Waals surface area contributed by atoms with Crippen molar-refractivity contribution in [3.8, 4) is 6.07 Å². The maximum Gasteiger partial charge on any atom is 0.416 e. The standard InChI is InChI=1S/C23H16F3N5O5/c1-11-17(20(34)36-2)18(15-7-6-12(10-27)8-16(15)19(32)33)31-21(28-29-22(31)35)30(11)14-5-3-4-13(9-14)23(24,25)26/h3-9,18H,1-2H3,(H,29,35)(H,32,33). The van der Waals surface area contributed by atoms with E-state index in [4.69, 9.17) is 4.74 Å². The van der Waals surface area contributed by atoms with Gasteiger partial charge in [0.1, 0.15) is 6.04 Å². The highest BCUT2D eigenvalue weighted by Crippen LogP contribution is 2.43. The molecule has 2 heterocycles. The van der Waals surface area contributed by atoms with Crippen LogP contribution < -0.4 is 10.6 Å². The van der Waals surface area contributed by atoms with E-state index in [0.717, 1.165) is 35.9 Å². The third-order valence-electron chi connectivity index (χ3n) is 5.69. The van der Waals surface area contributed by atoms with Gasteiger partial charge >= 0.3 is 23.8 Å². The molecule has 1 unspecified atom stereocenters. The molecule has 3 aromatic rings. The molecule has 2 N–H and O–H groups in total. The Hall–Kier alpha value is -4.86. The molecular formula is C23H16F3N5O5. The number of nitrogens with zero attached hydrogens (tertiary/aromatic N) is 4. The number of carboxylic acids is 1. The summed E-state index contributed by atoms with van der Waals surface area (Å²) in [6.45, 7) is 1.41. The fraction of sp³-hybridized carbons (Fsp3) is 0.174. The number of esters is 1. The molecule has 0 amide bonds. The Kier molecular flexibility index (Phi) is 5.89. The van der Waals surface area contributed by atoms with Crippen LogP contribution in [0.5, 0.6) is 0 Å². The van der Waals surface area contributed by atoms with Crippen LogP contribution in [0.25, 0.3) is 0 Å². The number of fused-ring (bicyclic) bond motifs is 1. The molecule has 1 atom stereocenters. The number of aromatic amines is 1. The van der Waals surface area contributed by atoms with Gasteiger partial charge in [0.05, 0.1) is 35.4 Å². The molecule has 36 heavy (non-hydrogen) atoms. The molecule has 0 fully saturated rings. The van der Waals surface area contributed by atoms with Crippen LogP contribution in [0.4, 0.5) is 24.8 Å². The number of hydrogen-bond donors (Lipinski definition) is 2. The first-order valence-corrected chi connectivity index (χ1v) is 10.2. The molecule has 1 aliphatic heterocycles. The molecule has 4 rings (SSSR count). The van der Waals surface area contributed by atoms with Crippen molar-refractivity contribution in [2.75, 3.05) is 12.0 Å². The second-order valence-electron chi connectivity index (χ2n) is 7.69. The van der Waals surface area contributed by atoms with Gasteiger partial charge in [-0.3, -0.25) is 4.90 Å². The number of hydrogen-bond acceptors (Lipinski definition) is 7. The van der Waals surface area contributed by atoms with Crippen LogP contribution in [-0.4, -0.2) is 38.9 Å². The van der Waals surface area contributed by atoms with Crippen LogP contribution in [0.3, 0.4) is 0 Å². The van der Waals surface area contributed by atoms with E-state index in [0.29, 0.717) is 0 Å². The predicted molar refractivity (Wildman–Crippen MR) is 117 cm³/mol. The summed E-state index contributed by atoms with van der Waals surface area (Å²) in [7, 11) is 1.07. The minimum Gasteiger partial charge on any atom is -0.478 e. The predicted octanol–water partition coefficient (Wildman–Crippen LogP) is 3.35. The number of alkyl halides is 3. The summed E-state index contributed by atoms with van der Waals surface area (Å²) in [4.78, 5) is 39.1. The zero-order valence-corrected chi connectivity index (χ0v) is 18.6.